The maximum atomic E-state index is 5.23. The Morgan fingerprint density at radius 1 is 1.12 bits per heavy atom. The number of aryl methyl sites for hydroxylation is 1. The topological polar surface area (TPSA) is 68.1 Å². The highest BCUT2D eigenvalue weighted by atomic mass is 16.5. The zero-order valence-corrected chi connectivity index (χ0v) is 15.4. The molecule has 0 atom stereocenters. The molecule has 0 bridgehead atoms. The van der Waals surface area contributed by atoms with Crippen LogP contribution in [0.3, 0.4) is 0 Å². The third-order valence-corrected chi connectivity index (χ3v) is 5.00. The fourth-order valence-electron chi connectivity index (χ4n) is 3.27. The summed E-state index contributed by atoms with van der Waals surface area (Å²) in [5.74, 6) is 3.14. The van der Waals surface area contributed by atoms with Crippen molar-refractivity contribution in [1.29, 1.82) is 0 Å². The molecule has 3 aromatic rings. The maximum Gasteiger partial charge on any atom is 0.229 e. The first-order chi connectivity index (χ1) is 12.6. The van der Waals surface area contributed by atoms with Gasteiger partial charge in [0.15, 0.2) is 5.65 Å². The van der Waals surface area contributed by atoms with E-state index in [2.05, 4.69) is 22.2 Å². The van der Waals surface area contributed by atoms with Crippen molar-refractivity contribution in [2.45, 2.75) is 19.8 Å². The first kappa shape index (κ1) is 16.6. The number of nitrogens with zero attached hydrogens (tertiary/aromatic N) is 5. The molecule has 136 valence electrons. The first-order valence-corrected chi connectivity index (χ1v) is 9.00. The largest absolute Gasteiger partial charge is 0.497 e. The molecule has 1 fully saturated rings. The van der Waals surface area contributed by atoms with Crippen LogP contribution < -0.4 is 15.0 Å². The molecule has 7 heteroatoms. The lowest BCUT2D eigenvalue weighted by atomic mass is 10.00. The Labute approximate surface area is 153 Å². The van der Waals surface area contributed by atoms with E-state index in [1.54, 1.807) is 11.8 Å². The number of ether oxygens (including phenoxy) is 1. The van der Waals surface area contributed by atoms with E-state index in [1.807, 2.05) is 37.5 Å². The van der Waals surface area contributed by atoms with E-state index in [4.69, 9.17) is 14.7 Å². The van der Waals surface area contributed by atoms with Gasteiger partial charge in [-0.05, 0) is 43.0 Å². The monoisotopic (exact) mass is 352 g/mol. The average molecular weight is 352 g/mol. The zero-order valence-electron chi connectivity index (χ0n) is 15.4. The van der Waals surface area contributed by atoms with Gasteiger partial charge in [0.2, 0.25) is 5.95 Å². The highest BCUT2D eigenvalue weighted by Crippen LogP contribution is 2.28. The van der Waals surface area contributed by atoms with Crippen LogP contribution in [0.4, 0.5) is 17.5 Å². The molecule has 2 aromatic heterocycles. The van der Waals surface area contributed by atoms with E-state index in [0.717, 1.165) is 53.2 Å². The summed E-state index contributed by atoms with van der Waals surface area (Å²) in [5.41, 5.74) is 1.79. The van der Waals surface area contributed by atoms with Crippen LogP contribution in [0.15, 0.2) is 30.5 Å². The van der Waals surface area contributed by atoms with Crippen LogP contribution in [0.25, 0.3) is 11.0 Å². The van der Waals surface area contributed by atoms with Crippen molar-refractivity contribution in [3.05, 3.63) is 30.5 Å². The van der Waals surface area contributed by atoms with E-state index >= 15 is 0 Å². The number of fused-ring (bicyclic) bond motifs is 1. The van der Waals surface area contributed by atoms with Crippen LogP contribution in [-0.2, 0) is 7.05 Å². The Hall–Kier alpha value is -2.83. The summed E-state index contributed by atoms with van der Waals surface area (Å²) in [4.78, 5) is 11.9. The number of hydrogen-bond acceptors (Lipinski definition) is 6. The number of aromatic nitrogens is 4. The van der Waals surface area contributed by atoms with Crippen molar-refractivity contribution >= 4 is 28.5 Å². The molecule has 4 rings (SSSR count). The highest BCUT2D eigenvalue weighted by molar-refractivity contribution is 5.89. The van der Waals surface area contributed by atoms with Gasteiger partial charge in [-0.15, -0.1) is 0 Å². The second-order valence-corrected chi connectivity index (χ2v) is 6.90. The minimum Gasteiger partial charge on any atom is -0.497 e. The summed E-state index contributed by atoms with van der Waals surface area (Å²) in [5, 5.41) is 8.69. The van der Waals surface area contributed by atoms with Crippen molar-refractivity contribution in [3.8, 4) is 5.75 Å². The predicted octanol–water partition coefficient (Wildman–Crippen LogP) is 3.35. The zero-order chi connectivity index (χ0) is 18.1. The summed E-state index contributed by atoms with van der Waals surface area (Å²) in [6.07, 6.45) is 4.16. The maximum absolute atomic E-state index is 5.23. The van der Waals surface area contributed by atoms with Gasteiger partial charge in [-0.2, -0.15) is 15.1 Å². The third-order valence-electron chi connectivity index (χ3n) is 5.00. The van der Waals surface area contributed by atoms with Gasteiger partial charge in [-0.3, -0.25) is 4.68 Å². The number of nitrogens with one attached hydrogen (secondary N) is 1. The van der Waals surface area contributed by atoms with E-state index < -0.39 is 0 Å². The summed E-state index contributed by atoms with van der Waals surface area (Å²) >= 11 is 0. The standard InChI is InChI=1S/C19H24N6O/c1-13-8-10-25(11-9-13)19-22-17(16-12-20-24(2)18(16)23-19)21-14-4-6-15(26-3)7-5-14/h4-7,12-13H,8-11H2,1-3H3,(H,21,22,23). The van der Waals surface area contributed by atoms with Crippen LogP contribution in [-0.4, -0.2) is 39.9 Å². The second kappa shape index (κ2) is 6.82. The van der Waals surface area contributed by atoms with Crippen molar-refractivity contribution in [2.75, 3.05) is 30.4 Å². The van der Waals surface area contributed by atoms with Crippen molar-refractivity contribution < 1.29 is 4.74 Å². The van der Waals surface area contributed by atoms with Gasteiger partial charge in [0, 0.05) is 25.8 Å². The molecule has 0 aliphatic carbocycles. The Balaban J connectivity index is 1.70. The summed E-state index contributed by atoms with van der Waals surface area (Å²) in [6, 6.07) is 7.81. The number of hydrogen-bond donors (Lipinski definition) is 1. The third kappa shape index (κ3) is 3.16. The van der Waals surface area contributed by atoms with Gasteiger partial charge in [0.25, 0.3) is 0 Å². The Kier molecular flexibility index (Phi) is 4.36. The van der Waals surface area contributed by atoms with Gasteiger partial charge in [0.1, 0.15) is 11.6 Å². The minimum absolute atomic E-state index is 0.767. The Bertz CT molecular complexity index is 896. The fourth-order valence-corrected chi connectivity index (χ4v) is 3.27. The van der Waals surface area contributed by atoms with E-state index in [0.29, 0.717) is 0 Å². The number of anilines is 3. The number of piperidine rings is 1. The van der Waals surface area contributed by atoms with E-state index in [9.17, 15) is 0 Å². The molecule has 0 radical (unpaired) electrons. The van der Waals surface area contributed by atoms with Crippen LogP contribution in [0.5, 0.6) is 5.75 Å². The SMILES string of the molecule is COc1ccc(Nc2nc(N3CCC(C)CC3)nc3c2cnn3C)cc1. The molecular formula is C19H24N6O. The Morgan fingerprint density at radius 3 is 2.54 bits per heavy atom. The molecule has 1 saturated heterocycles. The highest BCUT2D eigenvalue weighted by Gasteiger charge is 2.20. The average Bonchev–Trinajstić information content (AvgIpc) is 3.04. The van der Waals surface area contributed by atoms with Gasteiger partial charge in [-0.1, -0.05) is 6.92 Å². The number of benzene rings is 1. The molecule has 26 heavy (non-hydrogen) atoms. The molecule has 0 spiro atoms. The van der Waals surface area contributed by atoms with Crippen molar-refractivity contribution in [2.24, 2.45) is 13.0 Å². The van der Waals surface area contributed by atoms with Crippen LogP contribution in [0, 0.1) is 5.92 Å². The van der Waals surface area contributed by atoms with E-state index in [1.165, 1.54) is 12.8 Å². The molecule has 7 nitrogen and oxygen atoms in total. The smallest absolute Gasteiger partial charge is 0.229 e. The normalized spacial score (nSPS) is 15.4. The summed E-state index contributed by atoms with van der Waals surface area (Å²) in [7, 11) is 3.58. The van der Waals surface area contributed by atoms with Gasteiger partial charge in [-0.25, -0.2) is 0 Å². The Morgan fingerprint density at radius 2 is 1.85 bits per heavy atom. The quantitative estimate of drug-likeness (QED) is 0.777. The molecule has 1 aliphatic heterocycles. The van der Waals surface area contributed by atoms with Crippen LogP contribution in [0.2, 0.25) is 0 Å². The number of methoxy groups -OCH3 is 1. The molecule has 1 N–H and O–H groups in total. The lowest BCUT2D eigenvalue weighted by Gasteiger charge is -2.30. The van der Waals surface area contributed by atoms with Crippen LogP contribution >= 0.6 is 0 Å². The molecule has 0 unspecified atom stereocenters. The molecule has 3 heterocycles. The van der Waals surface area contributed by atoms with Gasteiger partial charge < -0.3 is 15.0 Å². The molecule has 0 amide bonds. The lowest BCUT2D eigenvalue weighted by Crippen LogP contribution is -2.34. The van der Waals surface area contributed by atoms with Crippen molar-refractivity contribution in [3.63, 3.8) is 0 Å². The molecule has 1 aliphatic rings. The molecule has 0 saturated carbocycles. The van der Waals surface area contributed by atoms with Gasteiger partial charge in [0.05, 0.1) is 18.7 Å². The first-order valence-electron chi connectivity index (χ1n) is 9.00. The number of rotatable bonds is 4. The van der Waals surface area contributed by atoms with Gasteiger partial charge >= 0.3 is 0 Å². The predicted molar refractivity (Wildman–Crippen MR) is 103 cm³/mol. The summed E-state index contributed by atoms with van der Waals surface area (Å²) < 4.78 is 7.02. The lowest BCUT2D eigenvalue weighted by molar-refractivity contribution is 0.415. The van der Waals surface area contributed by atoms with Crippen LogP contribution in [0.1, 0.15) is 19.8 Å². The van der Waals surface area contributed by atoms with Crippen molar-refractivity contribution in [1.82, 2.24) is 19.7 Å². The van der Waals surface area contributed by atoms with E-state index in [-0.39, 0.29) is 0 Å². The minimum atomic E-state index is 0.767. The fraction of sp³-hybridized carbons (Fsp3) is 0.421. The molecule has 1 aromatic carbocycles. The summed E-state index contributed by atoms with van der Waals surface area (Å²) in [6.45, 7) is 4.29. The second-order valence-electron chi connectivity index (χ2n) is 6.90. The molecular weight excluding hydrogens is 328 g/mol.